The lowest BCUT2D eigenvalue weighted by Gasteiger charge is -2.11. The van der Waals surface area contributed by atoms with E-state index in [2.05, 4.69) is 180 Å². The van der Waals surface area contributed by atoms with Crippen LogP contribution < -0.4 is 0 Å². The fourth-order valence-electron chi connectivity index (χ4n) is 12.9. The highest BCUT2D eigenvalue weighted by molar-refractivity contribution is 5.81. The zero-order valence-electron chi connectivity index (χ0n) is 58.3. The summed E-state index contributed by atoms with van der Waals surface area (Å²) in [7, 11) is 0. The van der Waals surface area contributed by atoms with Gasteiger partial charge in [-0.1, -0.05) is 315 Å². The number of pyridine rings is 2. The van der Waals surface area contributed by atoms with E-state index >= 15 is 0 Å². The van der Waals surface area contributed by atoms with Crippen LogP contribution in [0.2, 0.25) is 0 Å². The van der Waals surface area contributed by atoms with Crippen molar-refractivity contribution < 1.29 is 0 Å². The average molecular weight is 1390 g/mol. The molecule has 508 valence electrons. The van der Waals surface area contributed by atoms with E-state index in [1.807, 2.05) is 219 Å². The van der Waals surface area contributed by atoms with Crippen molar-refractivity contribution in [3.05, 3.63) is 389 Å². The van der Waals surface area contributed by atoms with Crippen molar-refractivity contribution in [2.45, 2.75) is 0 Å². The molecule has 108 heavy (non-hydrogen) atoms. The van der Waals surface area contributed by atoms with E-state index in [4.69, 9.17) is 49.8 Å². The second-order valence-electron chi connectivity index (χ2n) is 25.7. The summed E-state index contributed by atoms with van der Waals surface area (Å²) in [5.74, 6) is 5.15. The second-order valence-corrected chi connectivity index (χ2v) is 25.7. The first-order chi connectivity index (χ1) is 53.5. The highest BCUT2D eigenvalue weighted by Crippen LogP contribution is 2.36. The first-order valence-electron chi connectivity index (χ1n) is 35.5. The van der Waals surface area contributed by atoms with Crippen molar-refractivity contribution in [3.63, 3.8) is 0 Å². The highest BCUT2D eigenvalue weighted by atomic mass is 15.0. The van der Waals surface area contributed by atoms with Crippen molar-refractivity contribution in [2.24, 2.45) is 0 Å². The van der Waals surface area contributed by atoms with Crippen molar-refractivity contribution in [1.82, 2.24) is 59.8 Å². The molecular weight excluding hydrogens is 1320 g/mol. The second kappa shape index (κ2) is 31.0. The van der Waals surface area contributed by atoms with Gasteiger partial charge in [-0.05, 0) is 93.0 Å². The Kier molecular flexibility index (Phi) is 19.0. The molecule has 0 atom stereocenters. The number of hydrogen-bond donors (Lipinski definition) is 0. The third-order valence-electron chi connectivity index (χ3n) is 18.6. The molecule has 0 aliphatic heterocycles. The number of aromatic nitrogens is 12. The van der Waals surface area contributed by atoms with E-state index in [1.165, 1.54) is 0 Å². The monoisotopic (exact) mass is 1380 g/mol. The van der Waals surface area contributed by atoms with E-state index in [9.17, 15) is 0 Å². The minimum absolute atomic E-state index is 0.624. The van der Waals surface area contributed by atoms with Crippen LogP contribution in [-0.2, 0) is 0 Å². The molecule has 0 aliphatic rings. The van der Waals surface area contributed by atoms with E-state index in [0.29, 0.717) is 46.6 Å². The minimum Gasteiger partial charge on any atom is -0.265 e. The zero-order chi connectivity index (χ0) is 72.2. The summed E-state index contributed by atoms with van der Waals surface area (Å²) in [5, 5.41) is 0. The van der Waals surface area contributed by atoms with Crippen LogP contribution in [0.5, 0.6) is 0 Å². The quantitative estimate of drug-likeness (QED) is 0.0904. The first kappa shape index (κ1) is 66.4. The first-order valence-corrected chi connectivity index (χ1v) is 35.5. The molecule has 12 aromatic carbocycles. The van der Waals surface area contributed by atoms with Crippen LogP contribution in [0.3, 0.4) is 0 Å². The van der Waals surface area contributed by atoms with Gasteiger partial charge in [0, 0.05) is 91.5 Å². The van der Waals surface area contributed by atoms with Gasteiger partial charge in [0.25, 0.3) is 0 Å². The standard InChI is InChI=1S/2C48H32N6/c1-4-11-37(12-5-1)45-50-43(36-23-19-33(20-24-36)35-27-29-49-30-28-35)32-44(51-45)42-18-10-17-41(31-42)34-21-25-40(26-22-34)48-53-46(38-13-6-2-7-14-38)52-47(54-48)39-15-8-3-9-16-39;1-4-11-36(12-5-1)43-32-44(51-45(50-43)39-23-19-33(20-24-39)35-27-29-49-30-28-35)42-18-10-17-41(31-42)34-21-25-40(26-22-34)48-53-46(37-13-6-2-7-14-37)52-47(54-48)38-15-8-3-9-16-38/h2*1-32H. The smallest absolute Gasteiger partial charge is 0.164 e. The van der Waals surface area contributed by atoms with Crippen molar-refractivity contribution in [1.29, 1.82) is 0 Å². The molecule has 0 amide bonds. The number of hydrogen-bond acceptors (Lipinski definition) is 12. The average Bonchev–Trinajstić information content (AvgIpc) is 0.798. The summed E-state index contributed by atoms with van der Waals surface area (Å²) in [5.41, 5.74) is 23.8. The Morgan fingerprint density at radius 1 is 0.111 bits per heavy atom. The van der Waals surface area contributed by atoms with Crippen LogP contribution in [0.4, 0.5) is 0 Å². The van der Waals surface area contributed by atoms with Crippen molar-refractivity contribution >= 4 is 0 Å². The van der Waals surface area contributed by atoms with Gasteiger partial charge < -0.3 is 0 Å². The Hall–Kier alpha value is -14.9. The molecular formula is C96H64N12. The molecule has 18 aromatic rings. The summed E-state index contributed by atoms with van der Waals surface area (Å²) in [6.07, 6.45) is 7.24. The molecule has 0 unspecified atom stereocenters. The predicted molar refractivity (Wildman–Crippen MR) is 433 cm³/mol. The molecule has 12 nitrogen and oxygen atoms in total. The van der Waals surface area contributed by atoms with Gasteiger partial charge in [0.05, 0.1) is 22.8 Å². The SMILES string of the molecule is c1ccc(-c2cc(-c3cccc(-c4ccc(-c5nc(-c6ccccc6)nc(-c6ccccc6)n5)cc4)c3)nc(-c3ccc(-c4ccncc4)cc3)n2)cc1.c1ccc(-c2nc(-c3ccc(-c4ccncc4)cc3)cc(-c3cccc(-c4ccc(-c5nc(-c6ccccc6)nc(-c6ccccc6)n5)cc4)c3)n2)cc1. The fourth-order valence-corrected chi connectivity index (χ4v) is 12.9. The van der Waals surface area contributed by atoms with Crippen LogP contribution in [-0.4, -0.2) is 59.8 Å². The van der Waals surface area contributed by atoms with E-state index in [1.54, 1.807) is 0 Å². The Morgan fingerprint density at radius 2 is 0.287 bits per heavy atom. The molecule has 0 radical (unpaired) electrons. The minimum atomic E-state index is 0.624. The van der Waals surface area contributed by atoms with Crippen LogP contribution >= 0.6 is 0 Å². The molecule has 6 aromatic heterocycles. The van der Waals surface area contributed by atoms with Gasteiger partial charge in [-0.2, -0.15) is 0 Å². The van der Waals surface area contributed by atoms with E-state index in [0.717, 1.165) is 134 Å². The maximum absolute atomic E-state index is 5.11. The third-order valence-corrected chi connectivity index (χ3v) is 18.6. The van der Waals surface area contributed by atoms with Gasteiger partial charge in [0.15, 0.2) is 46.6 Å². The lowest BCUT2D eigenvalue weighted by Crippen LogP contribution is -2.00. The van der Waals surface area contributed by atoms with Gasteiger partial charge >= 0.3 is 0 Å². The third kappa shape index (κ3) is 15.1. The lowest BCUT2D eigenvalue weighted by molar-refractivity contribution is 1.07. The summed E-state index contributed by atoms with van der Waals surface area (Å²) >= 11 is 0. The molecule has 0 bridgehead atoms. The van der Waals surface area contributed by atoms with Crippen LogP contribution in [0.25, 0.3) is 181 Å². The van der Waals surface area contributed by atoms with Gasteiger partial charge in [0.1, 0.15) is 0 Å². The molecule has 0 N–H and O–H groups in total. The molecule has 0 saturated heterocycles. The Labute approximate surface area is 625 Å². The summed E-state index contributed by atoms with van der Waals surface area (Å²) in [6.45, 7) is 0. The van der Waals surface area contributed by atoms with Gasteiger partial charge in [-0.15, -0.1) is 0 Å². The maximum atomic E-state index is 5.11. The molecule has 12 heteroatoms. The van der Waals surface area contributed by atoms with E-state index < -0.39 is 0 Å². The van der Waals surface area contributed by atoms with Gasteiger partial charge in [-0.25, -0.2) is 49.8 Å². The molecule has 0 fully saturated rings. The molecule has 6 heterocycles. The fraction of sp³-hybridized carbons (Fsp3) is 0. The maximum Gasteiger partial charge on any atom is 0.164 e. The summed E-state index contributed by atoms with van der Waals surface area (Å²) in [6, 6.07) is 123. The van der Waals surface area contributed by atoms with Crippen molar-refractivity contribution in [2.75, 3.05) is 0 Å². The molecule has 18 rings (SSSR count). The normalized spacial score (nSPS) is 11.0. The van der Waals surface area contributed by atoms with Crippen molar-refractivity contribution in [3.8, 4) is 181 Å². The van der Waals surface area contributed by atoms with Crippen LogP contribution in [0, 0.1) is 0 Å². The Bertz CT molecular complexity index is 5600. The van der Waals surface area contributed by atoms with Gasteiger partial charge in [-0.3, -0.25) is 9.97 Å². The van der Waals surface area contributed by atoms with Gasteiger partial charge in [0.2, 0.25) is 0 Å². The highest BCUT2D eigenvalue weighted by Gasteiger charge is 2.19. The Morgan fingerprint density at radius 3 is 0.565 bits per heavy atom. The molecule has 0 saturated carbocycles. The number of rotatable bonds is 16. The van der Waals surface area contributed by atoms with Crippen LogP contribution in [0.15, 0.2) is 389 Å². The Balaban J connectivity index is 0.000000158. The topological polar surface area (TPSA) is 155 Å². The number of nitrogens with zero attached hydrogens (tertiary/aromatic N) is 12. The summed E-state index contributed by atoms with van der Waals surface area (Å²) in [4.78, 5) is 57.9. The predicted octanol–water partition coefficient (Wildman–Crippen LogP) is 22.8. The largest absolute Gasteiger partial charge is 0.265 e. The van der Waals surface area contributed by atoms with Crippen LogP contribution in [0.1, 0.15) is 0 Å². The number of benzene rings is 12. The zero-order valence-corrected chi connectivity index (χ0v) is 58.3. The molecule has 0 aliphatic carbocycles. The summed E-state index contributed by atoms with van der Waals surface area (Å²) < 4.78 is 0. The van der Waals surface area contributed by atoms with E-state index in [-0.39, 0.29) is 0 Å². The molecule has 0 spiro atoms. The lowest BCUT2D eigenvalue weighted by atomic mass is 9.99.